The SMILES string of the molecule is CCCC(c1ccc(C(=O)NCCC(=O)O)cc1)C(COCc1nc2ccccc2s1)c1ccc(C)cc1. The summed E-state index contributed by atoms with van der Waals surface area (Å²) >= 11 is 1.67. The van der Waals surface area contributed by atoms with E-state index in [1.165, 1.54) is 11.1 Å². The molecule has 0 saturated carbocycles. The van der Waals surface area contributed by atoms with Gasteiger partial charge < -0.3 is 15.2 Å². The number of carbonyl (C=O) groups is 2. The van der Waals surface area contributed by atoms with Crippen molar-refractivity contribution in [1.29, 1.82) is 0 Å². The lowest BCUT2D eigenvalue weighted by Gasteiger charge is -2.28. The van der Waals surface area contributed by atoms with Crippen molar-refractivity contribution in [3.05, 3.63) is 100 Å². The number of amides is 1. The Morgan fingerprint density at radius 2 is 1.66 bits per heavy atom. The summed E-state index contributed by atoms with van der Waals surface area (Å²) in [6, 6.07) is 24.5. The van der Waals surface area contributed by atoms with Crippen molar-refractivity contribution >= 4 is 33.4 Å². The first-order valence-electron chi connectivity index (χ1n) is 13.0. The number of thiazole rings is 1. The van der Waals surface area contributed by atoms with Gasteiger partial charge in [0, 0.05) is 18.0 Å². The van der Waals surface area contributed by atoms with E-state index >= 15 is 0 Å². The third kappa shape index (κ3) is 7.27. The first-order chi connectivity index (χ1) is 18.4. The van der Waals surface area contributed by atoms with E-state index in [2.05, 4.69) is 49.5 Å². The minimum absolute atomic E-state index is 0.0996. The number of nitrogens with zero attached hydrogens (tertiary/aromatic N) is 1. The quantitative estimate of drug-likeness (QED) is 0.201. The lowest BCUT2D eigenvalue weighted by molar-refractivity contribution is -0.136. The van der Waals surface area contributed by atoms with Crippen molar-refractivity contribution in [3.8, 4) is 0 Å². The number of rotatable bonds is 13. The zero-order chi connectivity index (χ0) is 26.9. The molecule has 4 aromatic rings. The molecule has 1 amide bonds. The second-order valence-corrected chi connectivity index (χ2v) is 10.6. The molecule has 0 bridgehead atoms. The van der Waals surface area contributed by atoms with Gasteiger partial charge in [0.2, 0.25) is 0 Å². The Balaban J connectivity index is 1.51. The van der Waals surface area contributed by atoms with Gasteiger partial charge >= 0.3 is 5.97 Å². The normalized spacial score (nSPS) is 12.8. The Labute approximate surface area is 227 Å². The summed E-state index contributed by atoms with van der Waals surface area (Å²) in [6.07, 6.45) is 1.90. The third-order valence-corrected chi connectivity index (χ3v) is 7.69. The lowest BCUT2D eigenvalue weighted by Crippen LogP contribution is -2.26. The molecule has 198 valence electrons. The monoisotopic (exact) mass is 530 g/mol. The van der Waals surface area contributed by atoms with Gasteiger partial charge in [0.25, 0.3) is 5.91 Å². The predicted octanol–water partition coefficient (Wildman–Crippen LogP) is 6.69. The Kier molecular flexibility index (Phi) is 9.62. The van der Waals surface area contributed by atoms with Crippen LogP contribution in [0.5, 0.6) is 0 Å². The Hall–Kier alpha value is -3.55. The molecule has 2 unspecified atom stereocenters. The van der Waals surface area contributed by atoms with Crippen LogP contribution in [0.4, 0.5) is 0 Å². The van der Waals surface area contributed by atoms with Crippen LogP contribution in [0.25, 0.3) is 10.2 Å². The first-order valence-corrected chi connectivity index (χ1v) is 13.8. The highest BCUT2D eigenvalue weighted by Crippen LogP contribution is 2.37. The van der Waals surface area contributed by atoms with E-state index in [0.29, 0.717) is 18.8 Å². The van der Waals surface area contributed by atoms with Crippen LogP contribution < -0.4 is 5.32 Å². The van der Waals surface area contributed by atoms with Crippen molar-refractivity contribution in [2.45, 2.75) is 51.6 Å². The summed E-state index contributed by atoms with van der Waals surface area (Å²) in [7, 11) is 0. The number of ether oxygens (including phenoxy) is 1. The summed E-state index contributed by atoms with van der Waals surface area (Å²) in [5, 5.41) is 12.4. The van der Waals surface area contributed by atoms with Gasteiger partial charge in [0.15, 0.2) is 0 Å². The van der Waals surface area contributed by atoms with Gasteiger partial charge in [-0.25, -0.2) is 4.98 Å². The summed E-state index contributed by atoms with van der Waals surface area (Å²) in [5.41, 5.74) is 5.13. The molecule has 0 aliphatic heterocycles. The number of aliphatic carboxylic acids is 1. The highest BCUT2D eigenvalue weighted by Gasteiger charge is 2.25. The van der Waals surface area contributed by atoms with Crippen LogP contribution in [-0.2, 0) is 16.1 Å². The number of hydrogen-bond acceptors (Lipinski definition) is 5. The number of aryl methyl sites for hydroxylation is 1. The predicted molar refractivity (Wildman–Crippen MR) is 152 cm³/mol. The number of benzene rings is 3. The average molecular weight is 531 g/mol. The van der Waals surface area contributed by atoms with Crippen molar-refractivity contribution in [1.82, 2.24) is 10.3 Å². The van der Waals surface area contributed by atoms with E-state index in [1.54, 1.807) is 11.3 Å². The summed E-state index contributed by atoms with van der Waals surface area (Å²) < 4.78 is 7.47. The highest BCUT2D eigenvalue weighted by atomic mass is 32.1. The van der Waals surface area contributed by atoms with Crippen LogP contribution in [0.3, 0.4) is 0 Å². The molecular formula is C31H34N2O4S. The second kappa shape index (κ2) is 13.3. The zero-order valence-corrected chi connectivity index (χ0v) is 22.7. The van der Waals surface area contributed by atoms with Gasteiger partial charge in [-0.15, -0.1) is 11.3 Å². The maximum Gasteiger partial charge on any atom is 0.305 e. The lowest BCUT2D eigenvalue weighted by atomic mass is 9.79. The molecule has 0 aliphatic rings. The number of nitrogens with one attached hydrogen (secondary N) is 1. The molecule has 38 heavy (non-hydrogen) atoms. The number of carboxylic acids is 1. The van der Waals surface area contributed by atoms with Gasteiger partial charge in [0.1, 0.15) is 5.01 Å². The van der Waals surface area contributed by atoms with E-state index in [1.807, 2.05) is 42.5 Å². The third-order valence-electron chi connectivity index (χ3n) is 6.68. The summed E-state index contributed by atoms with van der Waals surface area (Å²) in [6.45, 7) is 5.41. The highest BCUT2D eigenvalue weighted by molar-refractivity contribution is 7.18. The fraction of sp³-hybridized carbons (Fsp3) is 0.323. The average Bonchev–Trinajstić information content (AvgIpc) is 3.33. The molecule has 6 nitrogen and oxygen atoms in total. The largest absolute Gasteiger partial charge is 0.481 e. The van der Waals surface area contributed by atoms with Crippen molar-refractivity contribution < 1.29 is 19.4 Å². The smallest absolute Gasteiger partial charge is 0.305 e. The van der Waals surface area contributed by atoms with Crippen molar-refractivity contribution in [2.24, 2.45) is 0 Å². The standard InChI is InChI=1S/C31H34N2O4S/c1-3-6-25(22-13-15-24(16-14-22)31(36)32-18-17-30(34)35)26(23-11-9-21(2)10-12-23)19-37-20-29-33-27-7-4-5-8-28(27)38-29/h4-5,7-16,25-26H,3,6,17-20H2,1-2H3,(H,32,36)(H,34,35). The van der Waals surface area contributed by atoms with Gasteiger partial charge in [-0.1, -0.05) is 67.4 Å². The fourth-order valence-electron chi connectivity index (χ4n) is 4.69. The molecule has 0 aliphatic carbocycles. The fourth-order valence-corrected chi connectivity index (χ4v) is 5.60. The summed E-state index contributed by atoms with van der Waals surface area (Å²) in [4.78, 5) is 27.9. The van der Waals surface area contributed by atoms with Crippen LogP contribution in [0.2, 0.25) is 0 Å². The summed E-state index contributed by atoms with van der Waals surface area (Å²) in [5.74, 6) is -0.850. The molecule has 4 rings (SSSR count). The molecule has 0 radical (unpaired) electrons. The number of para-hydroxylation sites is 1. The second-order valence-electron chi connectivity index (χ2n) is 9.52. The Bertz CT molecular complexity index is 1320. The van der Waals surface area contributed by atoms with Crippen LogP contribution >= 0.6 is 11.3 Å². The molecule has 7 heteroatoms. The number of aromatic nitrogens is 1. The van der Waals surface area contributed by atoms with E-state index < -0.39 is 5.97 Å². The minimum atomic E-state index is -0.935. The number of hydrogen-bond donors (Lipinski definition) is 2. The van der Waals surface area contributed by atoms with E-state index in [0.717, 1.165) is 33.6 Å². The van der Waals surface area contributed by atoms with E-state index in [-0.39, 0.29) is 30.7 Å². The van der Waals surface area contributed by atoms with Gasteiger partial charge in [-0.05, 0) is 54.7 Å². The number of fused-ring (bicyclic) bond motifs is 1. The number of carboxylic acid groups (broad SMARTS) is 1. The van der Waals surface area contributed by atoms with Gasteiger partial charge in [0.05, 0.1) is 29.9 Å². The van der Waals surface area contributed by atoms with Crippen molar-refractivity contribution in [2.75, 3.05) is 13.2 Å². The zero-order valence-electron chi connectivity index (χ0n) is 21.9. The maximum absolute atomic E-state index is 12.4. The Morgan fingerprint density at radius 1 is 0.974 bits per heavy atom. The van der Waals surface area contributed by atoms with Crippen LogP contribution in [0.1, 0.15) is 70.1 Å². The molecule has 2 atom stereocenters. The molecular weight excluding hydrogens is 496 g/mol. The van der Waals surface area contributed by atoms with Crippen LogP contribution in [0.15, 0.2) is 72.8 Å². The molecule has 0 saturated heterocycles. The van der Waals surface area contributed by atoms with Crippen LogP contribution in [-0.4, -0.2) is 35.1 Å². The molecule has 2 N–H and O–H groups in total. The van der Waals surface area contributed by atoms with E-state index in [9.17, 15) is 9.59 Å². The molecule has 1 heterocycles. The van der Waals surface area contributed by atoms with Gasteiger partial charge in [-0.2, -0.15) is 0 Å². The number of carbonyl (C=O) groups excluding carboxylic acids is 1. The Morgan fingerprint density at radius 3 is 2.34 bits per heavy atom. The molecule has 0 spiro atoms. The topological polar surface area (TPSA) is 88.5 Å². The molecule has 0 fully saturated rings. The molecule has 3 aromatic carbocycles. The van der Waals surface area contributed by atoms with Crippen LogP contribution in [0, 0.1) is 6.92 Å². The van der Waals surface area contributed by atoms with Gasteiger partial charge in [-0.3, -0.25) is 9.59 Å². The molecule has 1 aromatic heterocycles. The first kappa shape index (κ1) is 27.5. The maximum atomic E-state index is 12.4. The van der Waals surface area contributed by atoms with Crippen molar-refractivity contribution in [3.63, 3.8) is 0 Å². The minimum Gasteiger partial charge on any atom is -0.481 e. The van der Waals surface area contributed by atoms with E-state index in [4.69, 9.17) is 14.8 Å².